The van der Waals surface area contributed by atoms with Gasteiger partial charge in [0, 0.05) is 12.2 Å². The number of amides is 3. The monoisotopic (exact) mass is 538 g/mol. The Labute approximate surface area is 225 Å². The Morgan fingerprint density at radius 3 is 2.08 bits per heavy atom. The molecule has 2 aliphatic carbocycles. The molecule has 1 heterocycles. The third-order valence-electron chi connectivity index (χ3n) is 7.97. The van der Waals surface area contributed by atoms with Gasteiger partial charge in [0.05, 0.1) is 11.4 Å². The van der Waals surface area contributed by atoms with Gasteiger partial charge in [-0.2, -0.15) is 0 Å². The van der Waals surface area contributed by atoms with Crippen LogP contribution in [-0.4, -0.2) is 51.4 Å². The van der Waals surface area contributed by atoms with Crippen molar-refractivity contribution >= 4 is 27.6 Å². The standard InChI is InChI=1S/C29H38N4O4S/c34-27(20-33-17-3-1-2-4-18-33)30-16-15-21-11-13-24(14-12-21)38(36,37)32-29(35)31-28-25-9-5-7-22(25)19-23-8-6-10-26(23)28/h11-14,19H,1-10,15-18,20H2,(H,30,34)(H2,31,32,35). The van der Waals surface area contributed by atoms with Crippen molar-refractivity contribution in [1.82, 2.24) is 14.9 Å². The molecular formula is C29H38N4O4S. The zero-order valence-electron chi connectivity index (χ0n) is 22.0. The molecule has 0 bridgehead atoms. The summed E-state index contributed by atoms with van der Waals surface area (Å²) in [7, 11) is -4.02. The Hall–Kier alpha value is -2.91. The average molecular weight is 539 g/mol. The summed E-state index contributed by atoms with van der Waals surface area (Å²) in [4.78, 5) is 27.3. The minimum absolute atomic E-state index is 0.0241. The number of benzene rings is 2. The molecule has 8 nitrogen and oxygen atoms in total. The van der Waals surface area contributed by atoms with Crippen molar-refractivity contribution in [2.45, 2.75) is 75.5 Å². The Balaban J connectivity index is 1.13. The largest absolute Gasteiger partial charge is 0.355 e. The highest BCUT2D eigenvalue weighted by atomic mass is 32.2. The molecule has 1 aliphatic heterocycles. The molecule has 2 aromatic carbocycles. The Morgan fingerprint density at radius 1 is 0.816 bits per heavy atom. The molecule has 2 aromatic rings. The fraction of sp³-hybridized carbons (Fsp3) is 0.517. The molecule has 0 radical (unpaired) electrons. The predicted molar refractivity (Wildman–Crippen MR) is 148 cm³/mol. The first-order valence-electron chi connectivity index (χ1n) is 14.0. The van der Waals surface area contributed by atoms with Crippen molar-refractivity contribution < 1.29 is 18.0 Å². The van der Waals surface area contributed by atoms with E-state index in [9.17, 15) is 18.0 Å². The molecule has 1 fully saturated rings. The molecule has 1 saturated heterocycles. The van der Waals surface area contributed by atoms with Crippen LogP contribution in [0.15, 0.2) is 35.2 Å². The summed E-state index contributed by atoms with van der Waals surface area (Å²) < 4.78 is 28.0. The number of nitrogens with one attached hydrogen (secondary N) is 3. The number of carbonyl (C=O) groups is 2. The van der Waals surface area contributed by atoms with Crippen LogP contribution in [0.4, 0.5) is 10.5 Å². The van der Waals surface area contributed by atoms with Gasteiger partial charge in [-0.05, 0) is 111 Å². The summed E-state index contributed by atoms with van der Waals surface area (Å²) in [5, 5.41) is 5.84. The summed E-state index contributed by atoms with van der Waals surface area (Å²) in [6.45, 7) is 2.88. The van der Waals surface area contributed by atoms with E-state index in [2.05, 4.69) is 26.3 Å². The first-order chi connectivity index (χ1) is 18.4. The van der Waals surface area contributed by atoms with Gasteiger partial charge in [-0.3, -0.25) is 9.69 Å². The van der Waals surface area contributed by atoms with Crippen LogP contribution in [0, 0.1) is 0 Å². The van der Waals surface area contributed by atoms with Crippen LogP contribution in [-0.2, 0) is 46.9 Å². The molecular weight excluding hydrogens is 500 g/mol. The van der Waals surface area contributed by atoms with Crippen molar-refractivity contribution in [1.29, 1.82) is 0 Å². The minimum Gasteiger partial charge on any atom is -0.355 e. The van der Waals surface area contributed by atoms with E-state index in [1.54, 1.807) is 12.1 Å². The van der Waals surface area contributed by atoms with Crippen LogP contribution < -0.4 is 15.4 Å². The second kappa shape index (κ2) is 11.9. The van der Waals surface area contributed by atoms with Crippen molar-refractivity contribution in [3.63, 3.8) is 0 Å². The summed E-state index contributed by atoms with van der Waals surface area (Å²) in [6.07, 6.45) is 11.3. The highest BCUT2D eigenvalue weighted by molar-refractivity contribution is 7.90. The zero-order valence-corrected chi connectivity index (χ0v) is 22.8. The predicted octanol–water partition coefficient (Wildman–Crippen LogP) is 3.71. The lowest BCUT2D eigenvalue weighted by atomic mass is 9.99. The van der Waals surface area contributed by atoms with Crippen LogP contribution >= 0.6 is 0 Å². The summed E-state index contributed by atoms with van der Waals surface area (Å²) in [6, 6.07) is 8.00. The van der Waals surface area contributed by atoms with E-state index in [4.69, 9.17) is 0 Å². The molecule has 0 saturated carbocycles. The van der Waals surface area contributed by atoms with Crippen molar-refractivity contribution in [2.24, 2.45) is 0 Å². The summed E-state index contributed by atoms with van der Waals surface area (Å²) in [5.41, 5.74) is 6.59. The molecule has 5 rings (SSSR count). The third kappa shape index (κ3) is 6.38. The number of fused-ring (bicyclic) bond motifs is 2. The highest BCUT2D eigenvalue weighted by Gasteiger charge is 2.26. The van der Waals surface area contributed by atoms with Crippen LogP contribution in [0.2, 0.25) is 0 Å². The van der Waals surface area contributed by atoms with Gasteiger partial charge >= 0.3 is 6.03 Å². The Bertz CT molecular complexity index is 1250. The number of hydrogen-bond acceptors (Lipinski definition) is 5. The smallest absolute Gasteiger partial charge is 0.333 e. The first-order valence-corrected chi connectivity index (χ1v) is 15.5. The first kappa shape index (κ1) is 26.7. The second-order valence-electron chi connectivity index (χ2n) is 10.7. The number of anilines is 1. The van der Waals surface area contributed by atoms with Crippen LogP contribution in [0.5, 0.6) is 0 Å². The van der Waals surface area contributed by atoms with Crippen LogP contribution in [0.25, 0.3) is 0 Å². The number of carbonyl (C=O) groups excluding carboxylic acids is 2. The normalized spacial score (nSPS) is 17.4. The Morgan fingerprint density at radius 2 is 1.45 bits per heavy atom. The molecule has 0 spiro atoms. The zero-order chi connectivity index (χ0) is 26.5. The van der Waals surface area contributed by atoms with E-state index >= 15 is 0 Å². The number of likely N-dealkylation sites (tertiary alicyclic amines) is 1. The van der Waals surface area contributed by atoms with Gasteiger partial charge in [0.15, 0.2) is 0 Å². The molecule has 204 valence electrons. The number of aryl methyl sites for hydroxylation is 2. The van der Waals surface area contributed by atoms with Gasteiger partial charge in [-0.25, -0.2) is 17.9 Å². The van der Waals surface area contributed by atoms with Gasteiger partial charge in [0.25, 0.3) is 10.0 Å². The van der Waals surface area contributed by atoms with E-state index in [1.165, 1.54) is 36.1 Å². The lowest BCUT2D eigenvalue weighted by Crippen LogP contribution is -2.38. The molecule has 0 atom stereocenters. The van der Waals surface area contributed by atoms with E-state index in [0.29, 0.717) is 19.5 Å². The fourth-order valence-electron chi connectivity index (χ4n) is 6.02. The van der Waals surface area contributed by atoms with Crippen LogP contribution in [0.3, 0.4) is 0 Å². The van der Waals surface area contributed by atoms with Gasteiger partial charge < -0.3 is 10.6 Å². The van der Waals surface area contributed by atoms with Gasteiger partial charge in [0.1, 0.15) is 0 Å². The molecule has 38 heavy (non-hydrogen) atoms. The number of urea groups is 1. The topological polar surface area (TPSA) is 108 Å². The maximum absolute atomic E-state index is 12.9. The highest BCUT2D eigenvalue weighted by Crippen LogP contribution is 2.38. The second-order valence-corrected chi connectivity index (χ2v) is 12.4. The maximum atomic E-state index is 12.9. The minimum atomic E-state index is -4.02. The summed E-state index contributed by atoms with van der Waals surface area (Å²) in [5.74, 6) is 0.0241. The molecule has 9 heteroatoms. The van der Waals surface area contributed by atoms with E-state index in [-0.39, 0.29) is 10.8 Å². The van der Waals surface area contributed by atoms with E-state index < -0.39 is 16.1 Å². The summed E-state index contributed by atoms with van der Waals surface area (Å²) >= 11 is 0. The molecule has 0 unspecified atom stereocenters. The molecule has 0 aromatic heterocycles. The van der Waals surface area contributed by atoms with Crippen LogP contribution in [0.1, 0.15) is 66.3 Å². The number of hydrogen-bond donors (Lipinski definition) is 3. The lowest BCUT2D eigenvalue weighted by Gasteiger charge is -2.19. The van der Waals surface area contributed by atoms with Crippen molar-refractivity contribution in [2.75, 3.05) is 31.5 Å². The number of rotatable bonds is 8. The fourth-order valence-corrected chi connectivity index (χ4v) is 6.93. The van der Waals surface area contributed by atoms with E-state index in [0.717, 1.165) is 86.8 Å². The Kier molecular flexibility index (Phi) is 8.33. The number of sulfonamides is 1. The number of nitrogens with zero attached hydrogens (tertiary/aromatic N) is 1. The van der Waals surface area contributed by atoms with Gasteiger partial charge in [0.2, 0.25) is 5.91 Å². The van der Waals surface area contributed by atoms with Crippen molar-refractivity contribution in [3.8, 4) is 0 Å². The van der Waals surface area contributed by atoms with Gasteiger partial charge in [-0.15, -0.1) is 0 Å². The molecule has 3 amide bonds. The third-order valence-corrected chi connectivity index (χ3v) is 9.32. The van der Waals surface area contributed by atoms with Crippen molar-refractivity contribution in [3.05, 3.63) is 58.1 Å². The van der Waals surface area contributed by atoms with Gasteiger partial charge in [-0.1, -0.05) is 31.0 Å². The SMILES string of the molecule is O=C(CN1CCCCCC1)NCCc1ccc(S(=O)(=O)NC(=O)Nc2c3c(cc4c2CCC4)CCC3)cc1. The quantitative estimate of drug-likeness (QED) is 0.475. The maximum Gasteiger partial charge on any atom is 0.333 e. The molecule has 3 aliphatic rings. The molecule has 3 N–H and O–H groups in total. The van der Waals surface area contributed by atoms with E-state index in [1.807, 2.05) is 0 Å². The average Bonchev–Trinajstić information content (AvgIpc) is 3.48. The lowest BCUT2D eigenvalue weighted by molar-refractivity contribution is -0.122.